The molecule has 3 heteroatoms. The Morgan fingerprint density at radius 1 is 1.67 bits per heavy atom. The molecular formula is C6H12N2O. The van der Waals surface area contributed by atoms with Gasteiger partial charge in [-0.15, -0.1) is 0 Å². The monoisotopic (exact) mass is 128 g/mol. The number of hydrogen-bond donors (Lipinski definition) is 2. The van der Waals surface area contributed by atoms with Crippen molar-refractivity contribution in [1.82, 2.24) is 10.6 Å². The highest BCUT2D eigenvalue weighted by molar-refractivity contribution is 5.57. The van der Waals surface area contributed by atoms with E-state index in [0.29, 0.717) is 0 Å². The summed E-state index contributed by atoms with van der Waals surface area (Å²) in [4.78, 5) is 10.2. The molecule has 2 N–H and O–H groups in total. The Hall–Kier alpha value is -0.410. The molecule has 1 aliphatic heterocycles. The lowest BCUT2D eigenvalue weighted by Crippen LogP contribution is -2.40. The third-order valence-corrected chi connectivity index (χ3v) is 1.45. The van der Waals surface area contributed by atoms with Gasteiger partial charge in [0.15, 0.2) is 6.29 Å². The second kappa shape index (κ2) is 2.08. The van der Waals surface area contributed by atoms with Crippen LogP contribution in [0.4, 0.5) is 0 Å². The van der Waals surface area contributed by atoms with Crippen LogP contribution in [-0.4, -0.2) is 24.5 Å². The van der Waals surface area contributed by atoms with Crippen molar-refractivity contribution in [3.8, 4) is 0 Å². The van der Waals surface area contributed by atoms with E-state index in [2.05, 4.69) is 24.5 Å². The van der Waals surface area contributed by atoms with E-state index in [1.165, 1.54) is 0 Å². The minimum absolute atomic E-state index is 0.0750. The highest BCUT2D eigenvalue weighted by Crippen LogP contribution is 2.05. The normalized spacial score (nSPS) is 32.4. The topological polar surface area (TPSA) is 41.1 Å². The van der Waals surface area contributed by atoms with Gasteiger partial charge in [-0.1, -0.05) is 0 Å². The zero-order chi connectivity index (χ0) is 6.91. The molecule has 0 radical (unpaired) electrons. The van der Waals surface area contributed by atoms with Crippen LogP contribution in [0, 0.1) is 0 Å². The molecule has 0 saturated carbocycles. The van der Waals surface area contributed by atoms with Crippen molar-refractivity contribution in [1.29, 1.82) is 0 Å². The molecule has 0 spiro atoms. The fourth-order valence-corrected chi connectivity index (χ4v) is 0.970. The lowest BCUT2D eigenvalue weighted by molar-refractivity contribution is -0.109. The summed E-state index contributed by atoms with van der Waals surface area (Å²) in [6.45, 7) is 4.98. The van der Waals surface area contributed by atoms with Crippen LogP contribution in [0.3, 0.4) is 0 Å². The summed E-state index contributed by atoms with van der Waals surface area (Å²) < 4.78 is 0. The van der Waals surface area contributed by atoms with Gasteiger partial charge in [0.25, 0.3) is 0 Å². The summed E-state index contributed by atoms with van der Waals surface area (Å²) in [6, 6.07) is 0. The predicted molar refractivity (Wildman–Crippen MR) is 35.1 cm³/mol. The quantitative estimate of drug-likeness (QED) is 0.467. The summed E-state index contributed by atoms with van der Waals surface area (Å²) in [5.74, 6) is 0. The first kappa shape index (κ1) is 6.71. The van der Waals surface area contributed by atoms with Crippen molar-refractivity contribution in [2.75, 3.05) is 6.54 Å². The van der Waals surface area contributed by atoms with Crippen LogP contribution in [0.25, 0.3) is 0 Å². The molecule has 3 nitrogen and oxygen atoms in total. The largest absolute Gasteiger partial charge is 0.300 e. The van der Waals surface area contributed by atoms with Gasteiger partial charge in [-0.05, 0) is 13.8 Å². The van der Waals surface area contributed by atoms with Gasteiger partial charge in [-0.25, -0.2) is 0 Å². The van der Waals surface area contributed by atoms with Crippen molar-refractivity contribution >= 4 is 6.29 Å². The van der Waals surface area contributed by atoms with Crippen molar-refractivity contribution in [3.05, 3.63) is 0 Å². The standard InChI is InChI=1S/C6H12N2O/c1-6(2)4-7-5(3-9)8-6/h3,5,7-8H,4H2,1-2H3. The summed E-state index contributed by atoms with van der Waals surface area (Å²) in [5.41, 5.74) is 0.0750. The van der Waals surface area contributed by atoms with Crippen LogP contribution >= 0.6 is 0 Å². The SMILES string of the molecule is CC1(C)CNC(C=O)N1. The van der Waals surface area contributed by atoms with E-state index < -0.39 is 0 Å². The molecule has 1 aliphatic rings. The van der Waals surface area contributed by atoms with Gasteiger partial charge in [-0.3, -0.25) is 10.6 Å². The number of rotatable bonds is 1. The highest BCUT2D eigenvalue weighted by Gasteiger charge is 2.28. The average Bonchev–Trinajstić information content (AvgIpc) is 2.10. The van der Waals surface area contributed by atoms with E-state index in [0.717, 1.165) is 12.8 Å². The van der Waals surface area contributed by atoms with Gasteiger partial charge >= 0.3 is 0 Å². The molecule has 1 saturated heterocycles. The Bertz CT molecular complexity index is 122. The molecule has 1 rings (SSSR count). The van der Waals surface area contributed by atoms with Gasteiger partial charge in [-0.2, -0.15) is 0 Å². The first-order chi connectivity index (χ1) is 4.14. The fraction of sp³-hybridized carbons (Fsp3) is 0.833. The smallest absolute Gasteiger partial charge is 0.151 e. The number of carbonyl (C=O) groups is 1. The summed E-state index contributed by atoms with van der Waals surface area (Å²) >= 11 is 0. The maximum Gasteiger partial charge on any atom is 0.151 e. The number of hydrogen-bond acceptors (Lipinski definition) is 3. The minimum atomic E-state index is -0.139. The van der Waals surface area contributed by atoms with Crippen LogP contribution in [-0.2, 0) is 4.79 Å². The van der Waals surface area contributed by atoms with Crippen LogP contribution < -0.4 is 10.6 Å². The molecule has 1 heterocycles. The maximum atomic E-state index is 10.2. The average molecular weight is 128 g/mol. The molecule has 0 bridgehead atoms. The zero-order valence-electron chi connectivity index (χ0n) is 5.77. The summed E-state index contributed by atoms with van der Waals surface area (Å²) in [6.07, 6.45) is 0.745. The van der Waals surface area contributed by atoms with Gasteiger partial charge in [0.05, 0.1) is 0 Å². The van der Waals surface area contributed by atoms with Gasteiger partial charge in [0.2, 0.25) is 0 Å². The number of nitrogens with one attached hydrogen (secondary N) is 2. The van der Waals surface area contributed by atoms with Crippen molar-refractivity contribution < 1.29 is 4.79 Å². The van der Waals surface area contributed by atoms with Crippen LogP contribution in [0.1, 0.15) is 13.8 Å². The Balaban J connectivity index is 2.47. The molecule has 0 aromatic rings. The lowest BCUT2D eigenvalue weighted by atomic mass is 10.1. The van der Waals surface area contributed by atoms with Gasteiger partial charge in [0.1, 0.15) is 6.17 Å². The van der Waals surface area contributed by atoms with E-state index in [9.17, 15) is 4.79 Å². The second-order valence-corrected chi connectivity index (χ2v) is 3.02. The van der Waals surface area contributed by atoms with E-state index >= 15 is 0 Å². The molecule has 0 aliphatic carbocycles. The second-order valence-electron chi connectivity index (χ2n) is 3.02. The molecule has 1 atom stereocenters. The fourth-order valence-electron chi connectivity index (χ4n) is 0.970. The van der Waals surface area contributed by atoms with E-state index in [1.807, 2.05) is 0 Å². The molecule has 1 fully saturated rings. The minimum Gasteiger partial charge on any atom is -0.300 e. The third-order valence-electron chi connectivity index (χ3n) is 1.45. The molecule has 0 amide bonds. The number of aldehydes is 1. The lowest BCUT2D eigenvalue weighted by Gasteiger charge is -2.15. The van der Waals surface area contributed by atoms with Crippen LogP contribution in [0.15, 0.2) is 0 Å². The first-order valence-electron chi connectivity index (χ1n) is 3.10. The summed E-state index contributed by atoms with van der Waals surface area (Å²) in [7, 11) is 0. The molecule has 0 aromatic carbocycles. The van der Waals surface area contributed by atoms with Crippen LogP contribution in [0.2, 0.25) is 0 Å². The summed E-state index contributed by atoms with van der Waals surface area (Å²) in [5, 5.41) is 6.12. The Morgan fingerprint density at radius 2 is 2.33 bits per heavy atom. The number of carbonyl (C=O) groups excluding carboxylic acids is 1. The van der Waals surface area contributed by atoms with Gasteiger partial charge in [0, 0.05) is 12.1 Å². The van der Waals surface area contributed by atoms with E-state index in [1.54, 1.807) is 0 Å². The van der Waals surface area contributed by atoms with E-state index in [-0.39, 0.29) is 11.7 Å². The molecule has 52 valence electrons. The third kappa shape index (κ3) is 1.50. The van der Waals surface area contributed by atoms with Crippen molar-refractivity contribution in [3.63, 3.8) is 0 Å². The Morgan fingerprint density at radius 3 is 2.56 bits per heavy atom. The highest BCUT2D eigenvalue weighted by atomic mass is 16.1. The molecule has 0 aromatic heterocycles. The Labute approximate surface area is 54.8 Å². The zero-order valence-corrected chi connectivity index (χ0v) is 5.77. The van der Waals surface area contributed by atoms with Gasteiger partial charge < -0.3 is 4.79 Å². The van der Waals surface area contributed by atoms with E-state index in [4.69, 9.17) is 0 Å². The molecule has 1 unspecified atom stereocenters. The molecule has 9 heavy (non-hydrogen) atoms. The molecular weight excluding hydrogens is 116 g/mol. The van der Waals surface area contributed by atoms with Crippen molar-refractivity contribution in [2.45, 2.75) is 25.6 Å². The maximum absolute atomic E-state index is 10.2. The Kier molecular flexibility index (Phi) is 1.55. The predicted octanol–water partition coefficient (Wildman–Crippen LogP) is -0.517. The van der Waals surface area contributed by atoms with Crippen LogP contribution in [0.5, 0.6) is 0 Å². The van der Waals surface area contributed by atoms with Crippen molar-refractivity contribution in [2.24, 2.45) is 0 Å². The first-order valence-corrected chi connectivity index (χ1v) is 3.10.